The number of nitrogens with zero attached hydrogens (tertiary/aromatic N) is 1. The third-order valence-corrected chi connectivity index (χ3v) is 4.21. The van der Waals surface area contributed by atoms with Gasteiger partial charge in [-0.05, 0) is 44.0 Å². The van der Waals surface area contributed by atoms with Crippen molar-refractivity contribution in [1.82, 2.24) is 4.90 Å². The molecule has 1 fully saturated rings. The molecule has 1 atom stereocenters. The first-order valence-electron chi connectivity index (χ1n) is 7.19. The van der Waals surface area contributed by atoms with Gasteiger partial charge in [-0.25, -0.2) is 4.79 Å². The molecule has 1 unspecified atom stereocenters. The molecule has 0 saturated carbocycles. The lowest BCUT2D eigenvalue weighted by atomic mass is 10.1. The van der Waals surface area contributed by atoms with Gasteiger partial charge in [-0.2, -0.15) is 0 Å². The molecule has 1 aromatic carbocycles. The van der Waals surface area contributed by atoms with Crippen LogP contribution in [0.3, 0.4) is 0 Å². The Morgan fingerprint density at radius 1 is 1.45 bits per heavy atom. The third-order valence-electron chi connectivity index (χ3n) is 4.21. The van der Waals surface area contributed by atoms with E-state index in [9.17, 15) is 19.8 Å². The van der Waals surface area contributed by atoms with Crippen LogP contribution >= 0.6 is 0 Å². The van der Waals surface area contributed by atoms with Gasteiger partial charge >= 0.3 is 11.6 Å². The summed E-state index contributed by atoms with van der Waals surface area (Å²) in [4.78, 5) is 24.7. The zero-order chi connectivity index (χ0) is 15.9. The molecule has 0 bridgehead atoms. The zero-order valence-corrected chi connectivity index (χ0v) is 12.2. The van der Waals surface area contributed by atoms with Crippen molar-refractivity contribution in [3.63, 3.8) is 0 Å². The second-order valence-electron chi connectivity index (χ2n) is 5.66. The van der Waals surface area contributed by atoms with Gasteiger partial charge in [0.05, 0.1) is 5.56 Å². The molecular weight excluding hydrogens is 286 g/mol. The highest BCUT2D eigenvalue weighted by Crippen LogP contribution is 2.31. The average Bonchev–Trinajstić information content (AvgIpc) is 2.90. The van der Waals surface area contributed by atoms with Gasteiger partial charge in [-0.1, -0.05) is 0 Å². The number of phenols is 1. The maximum absolute atomic E-state index is 11.6. The summed E-state index contributed by atoms with van der Waals surface area (Å²) in [5.41, 5.74) is 1.09. The summed E-state index contributed by atoms with van der Waals surface area (Å²) in [6.07, 6.45) is 1.38. The maximum Gasteiger partial charge on any atom is 0.336 e. The number of aryl methyl sites for hydroxylation is 1. The Balaban J connectivity index is 2.08. The van der Waals surface area contributed by atoms with E-state index in [1.165, 1.54) is 6.07 Å². The number of fused-ring (bicyclic) bond motifs is 1. The molecule has 0 spiro atoms. The number of carbonyl (C=O) groups is 1. The van der Waals surface area contributed by atoms with Crippen LogP contribution in [0.5, 0.6) is 5.75 Å². The Labute approximate surface area is 126 Å². The van der Waals surface area contributed by atoms with E-state index < -0.39 is 17.6 Å². The molecule has 2 heterocycles. The van der Waals surface area contributed by atoms with Crippen LogP contribution in [0.2, 0.25) is 0 Å². The Morgan fingerprint density at radius 3 is 2.95 bits per heavy atom. The highest BCUT2D eigenvalue weighted by molar-refractivity contribution is 5.85. The Kier molecular flexibility index (Phi) is 3.62. The molecule has 116 valence electrons. The molecule has 0 radical (unpaired) electrons. The second kappa shape index (κ2) is 5.46. The molecule has 22 heavy (non-hydrogen) atoms. The summed E-state index contributed by atoms with van der Waals surface area (Å²) < 4.78 is 5.27. The fourth-order valence-electron chi connectivity index (χ4n) is 3.08. The average molecular weight is 303 g/mol. The van der Waals surface area contributed by atoms with Gasteiger partial charge in [0.2, 0.25) is 0 Å². The number of aromatic hydroxyl groups is 1. The minimum absolute atomic E-state index is 0.0114. The van der Waals surface area contributed by atoms with Gasteiger partial charge < -0.3 is 14.6 Å². The fraction of sp³-hybridized carbons (Fsp3) is 0.375. The van der Waals surface area contributed by atoms with Crippen molar-refractivity contribution in [3.05, 3.63) is 39.7 Å². The predicted molar refractivity (Wildman–Crippen MR) is 80.0 cm³/mol. The molecule has 1 aliphatic rings. The van der Waals surface area contributed by atoms with Gasteiger partial charge in [0.1, 0.15) is 17.4 Å². The van der Waals surface area contributed by atoms with Crippen LogP contribution < -0.4 is 5.63 Å². The SMILES string of the molecule is Cc1cc(=O)oc2c(CN3CCCC3C(=O)O)c(O)ccc12. The lowest BCUT2D eigenvalue weighted by molar-refractivity contribution is -0.142. The van der Waals surface area contributed by atoms with Crippen molar-refractivity contribution in [2.45, 2.75) is 32.4 Å². The molecule has 3 rings (SSSR count). The second-order valence-corrected chi connectivity index (χ2v) is 5.66. The fourth-order valence-corrected chi connectivity index (χ4v) is 3.08. The summed E-state index contributed by atoms with van der Waals surface area (Å²) in [5.74, 6) is -0.854. The molecule has 6 heteroatoms. The van der Waals surface area contributed by atoms with Crippen LogP contribution in [0.1, 0.15) is 24.0 Å². The Bertz CT molecular complexity index is 795. The van der Waals surface area contributed by atoms with Crippen LogP contribution in [0.25, 0.3) is 11.0 Å². The van der Waals surface area contributed by atoms with Crippen molar-refractivity contribution in [3.8, 4) is 5.75 Å². The molecule has 0 aliphatic carbocycles. The first-order chi connectivity index (χ1) is 10.5. The summed E-state index contributed by atoms with van der Waals surface area (Å²) >= 11 is 0. The van der Waals surface area contributed by atoms with Crippen molar-refractivity contribution in [1.29, 1.82) is 0 Å². The van der Waals surface area contributed by atoms with Crippen LogP contribution in [0.4, 0.5) is 0 Å². The predicted octanol–water partition coefficient (Wildman–Crippen LogP) is 1.86. The Morgan fingerprint density at radius 2 is 2.23 bits per heavy atom. The van der Waals surface area contributed by atoms with E-state index in [1.807, 2.05) is 0 Å². The van der Waals surface area contributed by atoms with E-state index in [0.29, 0.717) is 24.1 Å². The molecule has 2 N–H and O–H groups in total. The first-order valence-corrected chi connectivity index (χ1v) is 7.19. The number of carboxylic acids is 1. The van der Waals surface area contributed by atoms with Gasteiger partial charge in [0, 0.05) is 18.0 Å². The molecule has 2 aromatic rings. The zero-order valence-electron chi connectivity index (χ0n) is 12.2. The molecule has 1 aliphatic heterocycles. The third kappa shape index (κ3) is 2.46. The molecule has 6 nitrogen and oxygen atoms in total. The van der Waals surface area contributed by atoms with Crippen LogP contribution in [0, 0.1) is 6.92 Å². The standard InChI is InChI=1S/C16H17NO5/c1-9-7-14(19)22-15-10(9)4-5-13(18)11(15)8-17-6-2-3-12(17)16(20)21/h4-5,7,12,18H,2-3,6,8H2,1H3,(H,20,21). The number of rotatable bonds is 3. The van der Waals surface area contributed by atoms with E-state index in [4.69, 9.17) is 4.42 Å². The summed E-state index contributed by atoms with van der Waals surface area (Å²) in [5, 5.41) is 20.1. The highest BCUT2D eigenvalue weighted by Gasteiger charge is 2.31. The lowest BCUT2D eigenvalue weighted by Gasteiger charge is -2.22. The minimum Gasteiger partial charge on any atom is -0.507 e. The van der Waals surface area contributed by atoms with E-state index >= 15 is 0 Å². The van der Waals surface area contributed by atoms with E-state index in [0.717, 1.165) is 17.4 Å². The monoisotopic (exact) mass is 303 g/mol. The number of hydrogen-bond acceptors (Lipinski definition) is 5. The quantitative estimate of drug-likeness (QED) is 0.841. The van der Waals surface area contributed by atoms with Gasteiger partial charge in [0.25, 0.3) is 0 Å². The van der Waals surface area contributed by atoms with Crippen molar-refractivity contribution in [2.24, 2.45) is 0 Å². The summed E-state index contributed by atoms with van der Waals surface area (Å²) in [6, 6.07) is 4.09. The van der Waals surface area contributed by atoms with Gasteiger partial charge in [-0.3, -0.25) is 9.69 Å². The number of likely N-dealkylation sites (tertiary alicyclic amines) is 1. The number of phenolic OH excluding ortho intramolecular Hbond substituents is 1. The molecule has 1 saturated heterocycles. The van der Waals surface area contributed by atoms with Crippen LogP contribution in [0.15, 0.2) is 27.4 Å². The highest BCUT2D eigenvalue weighted by atomic mass is 16.4. The topological polar surface area (TPSA) is 91.0 Å². The molecule has 1 aromatic heterocycles. The lowest BCUT2D eigenvalue weighted by Crippen LogP contribution is -2.35. The number of carboxylic acid groups (broad SMARTS) is 1. The number of hydrogen-bond donors (Lipinski definition) is 2. The summed E-state index contributed by atoms with van der Waals surface area (Å²) in [7, 11) is 0. The van der Waals surface area contributed by atoms with Gasteiger partial charge in [-0.15, -0.1) is 0 Å². The normalized spacial score (nSPS) is 18.9. The van der Waals surface area contributed by atoms with E-state index in [-0.39, 0.29) is 12.3 Å². The van der Waals surface area contributed by atoms with Crippen LogP contribution in [-0.4, -0.2) is 33.7 Å². The molecular formula is C16H17NO5. The van der Waals surface area contributed by atoms with Crippen molar-refractivity contribution in [2.75, 3.05) is 6.54 Å². The van der Waals surface area contributed by atoms with Crippen molar-refractivity contribution >= 4 is 16.9 Å². The maximum atomic E-state index is 11.6. The Hall–Kier alpha value is -2.34. The van der Waals surface area contributed by atoms with E-state index in [2.05, 4.69) is 0 Å². The number of aliphatic carboxylic acids is 1. The minimum atomic E-state index is -0.866. The van der Waals surface area contributed by atoms with E-state index in [1.54, 1.807) is 24.0 Å². The molecule has 0 amide bonds. The summed E-state index contributed by atoms with van der Waals surface area (Å²) in [6.45, 7) is 2.69. The smallest absolute Gasteiger partial charge is 0.336 e. The van der Waals surface area contributed by atoms with Crippen LogP contribution in [-0.2, 0) is 11.3 Å². The van der Waals surface area contributed by atoms with Gasteiger partial charge in [0.15, 0.2) is 0 Å². The largest absolute Gasteiger partial charge is 0.507 e. The number of benzene rings is 1. The first kappa shape index (κ1) is 14.6. The van der Waals surface area contributed by atoms with Crippen molar-refractivity contribution < 1.29 is 19.4 Å².